The first-order chi connectivity index (χ1) is 6.59. The van der Waals surface area contributed by atoms with Crippen molar-refractivity contribution < 1.29 is 18.7 Å². The van der Waals surface area contributed by atoms with Gasteiger partial charge in [0, 0.05) is 0 Å². The first-order valence-electron chi connectivity index (χ1n) is 4.28. The highest BCUT2D eigenvalue weighted by Crippen LogP contribution is 2.30. The van der Waals surface area contributed by atoms with E-state index in [1.165, 1.54) is 0 Å². The summed E-state index contributed by atoms with van der Waals surface area (Å²) in [6, 6.07) is 2.08. The summed E-state index contributed by atoms with van der Waals surface area (Å²) in [4.78, 5) is 10.6. The van der Waals surface area contributed by atoms with Gasteiger partial charge in [-0.1, -0.05) is 0 Å². The van der Waals surface area contributed by atoms with Gasteiger partial charge in [0.05, 0.1) is 5.92 Å². The molecule has 1 aliphatic carbocycles. The van der Waals surface area contributed by atoms with E-state index < -0.39 is 23.5 Å². The van der Waals surface area contributed by atoms with Crippen LogP contribution in [0.5, 0.6) is 0 Å². The number of halogens is 2. The molecule has 0 bridgehead atoms. The van der Waals surface area contributed by atoms with E-state index in [-0.39, 0.29) is 24.0 Å². The molecule has 0 aromatic heterocycles. The van der Waals surface area contributed by atoms with Crippen LogP contribution in [0.1, 0.15) is 11.1 Å². The minimum absolute atomic E-state index is 0.0915. The summed E-state index contributed by atoms with van der Waals surface area (Å²) in [7, 11) is 0. The van der Waals surface area contributed by atoms with Gasteiger partial charge in [0.1, 0.15) is 11.6 Å². The first-order valence-corrected chi connectivity index (χ1v) is 4.28. The van der Waals surface area contributed by atoms with Gasteiger partial charge < -0.3 is 5.11 Å². The van der Waals surface area contributed by atoms with Crippen LogP contribution in [0.25, 0.3) is 0 Å². The van der Waals surface area contributed by atoms with Gasteiger partial charge in [-0.05, 0) is 36.1 Å². The molecule has 0 spiro atoms. The summed E-state index contributed by atoms with van der Waals surface area (Å²) in [6.07, 6.45) is 0.183. The van der Waals surface area contributed by atoms with Gasteiger partial charge in [-0.3, -0.25) is 4.79 Å². The Hall–Kier alpha value is -1.45. The molecule has 0 fully saturated rings. The van der Waals surface area contributed by atoms with Crippen LogP contribution >= 0.6 is 0 Å². The fourth-order valence-corrected chi connectivity index (χ4v) is 1.82. The maximum Gasteiger partial charge on any atom is 0.307 e. The van der Waals surface area contributed by atoms with Crippen LogP contribution in [0.3, 0.4) is 0 Å². The van der Waals surface area contributed by atoms with Crippen molar-refractivity contribution in [3.63, 3.8) is 0 Å². The number of rotatable bonds is 1. The number of hydrogen-bond donors (Lipinski definition) is 1. The third-order valence-electron chi connectivity index (χ3n) is 2.57. The van der Waals surface area contributed by atoms with Crippen molar-refractivity contribution in [2.45, 2.75) is 12.8 Å². The lowest BCUT2D eigenvalue weighted by molar-refractivity contribution is -0.141. The maximum atomic E-state index is 13.1. The standard InChI is InChI=1S/C10H8F2O2/c11-8-1-2-9(12)7-4-5(10(13)14)3-6(7)8/h1-2,5H,3-4H2,(H,13,14). The molecule has 0 atom stereocenters. The molecule has 0 amide bonds. The molecule has 1 N–H and O–H groups in total. The average Bonchev–Trinajstić information content (AvgIpc) is 2.57. The van der Waals surface area contributed by atoms with Gasteiger partial charge >= 0.3 is 5.97 Å². The molecule has 0 heterocycles. The third-order valence-corrected chi connectivity index (χ3v) is 2.57. The highest BCUT2D eigenvalue weighted by atomic mass is 19.1. The molecular formula is C10H8F2O2. The minimum Gasteiger partial charge on any atom is -0.481 e. The summed E-state index contributed by atoms with van der Waals surface area (Å²) in [5.41, 5.74) is 0.440. The molecule has 2 rings (SSSR count). The fourth-order valence-electron chi connectivity index (χ4n) is 1.82. The van der Waals surface area contributed by atoms with Crippen LogP contribution in [0.15, 0.2) is 12.1 Å². The van der Waals surface area contributed by atoms with E-state index in [1.807, 2.05) is 0 Å². The highest BCUT2D eigenvalue weighted by Gasteiger charge is 2.31. The summed E-state index contributed by atoms with van der Waals surface area (Å²) < 4.78 is 26.3. The Labute approximate surface area is 79.2 Å². The minimum atomic E-state index is -1.000. The Bertz CT molecular complexity index is 370. The van der Waals surface area contributed by atoms with E-state index in [0.717, 1.165) is 12.1 Å². The Morgan fingerprint density at radius 2 is 1.64 bits per heavy atom. The van der Waals surface area contributed by atoms with Crippen LogP contribution in [0, 0.1) is 17.6 Å². The lowest BCUT2D eigenvalue weighted by Gasteiger charge is -2.00. The van der Waals surface area contributed by atoms with Crippen molar-refractivity contribution in [1.29, 1.82) is 0 Å². The predicted molar refractivity (Wildman–Crippen MR) is 44.9 cm³/mol. The summed E-state index contributed by atoms with van der Waals surface area (Å²) in [6.45, 7) is 0. The van der Waals surface area contributed by atoms with E-state index in [4.69, 9.17) is 5.11 Å². The molecule has 2 nitrogen and oxygen atoms in total. The monoisotopic (exact) mass is 198 g/mol. The van der Waals surface area contributed by atoms with Crippen molar-refractivity contribution in [2.24, 2.45) is 5.92 Å². The molecule has 1 aromatic rings. The zero-order chi connectivity index (χ0) is 10.3. The van der Waals surface area contributed by atoms with Crippen molar-refractivity contribution in [3.8, 4) is 0 Å². The van der Waals surface area contributed by atoms with E-state index >= 15 is 0 Å². The van der Waals surface area contributed by atoms with Crippen LogP contribution in [-0.2, 0) is 17.6 Å². The highest BCUT2D eigenvalue weighted by molar-refractivity contribution is 5.72. The predicted octanol–water partition coefficient (Wildman–Crippen LogP) is 1.76. The topological polar surface area (TPSA) is 37.3 Å². The molecule has 74 valence electrons. The molecule has 1 aromatic carbocycles. The van der Waals surface area contributed by atoms with E-state index in [0.29, 0.717) is 0 Å². The second kappa shape index (κ2) is 3.04. The lowest BCUT2D eigenvalue weighted by atomic mass is 10.1. The summed E-state index contributed by atoms with van der Waals surface area (Å²) in [5, 5.41) is 8.72. The van der Waals surface area contributed by atoms with Crippen molar-refractivity contribution in [1.82, 2.24) is 0 Å². The average molecular weight is 198 g/mol. The Balaban J connectivity index is 2.43. The Morgan fingerprint density at radius 3 is 2.00 bits per heavy atom. The summed E-state index contributed by atoms with van der Waals surface area (Å²) >= 11 is 0. The van der Waals surface area contributed by atoms with Gasteiger partial charge in [-0.15, -0.1) is 0 Å². The van der Waals surface area contributed by atoms with Crippen molar-refractivity contribution in [2.75, 3.05) is 0 Å². The lowest BCUT2D eigenvalue weighted by Crippen LogP contribution is -2.13. The fraction of sp³-hybridized carbons (Fsp3) is 0.300. The van der Waals surface area contributed by atoms with E-state index in [1.54, 1.807) is 0 Å². The van der Waals surface area contributed by atoms with Gasteiger partial charge in [-0.25, -0.2) is 8.78 Å². The maximum absolute atomic E-state index is 13.1. The molecule has 0 radical (unpaired) electrons. The van der Waals surface area contributed by atoms with Gasteiger partial charge in [0.25, 0.3) is 0 Å². The SMILES string of the molecule is O=C(O)C1Cc2c(F)ccc(F)c2C1. The molecular weight excluding hydrogens is 190 g/mol. The molecule has 0 unspecified atom stereocenters. The third kappa shape index (κ3) is 1.27. The second-order valence-electron chi connectivity index (χ2n) is 3.43. The van der Waals surface area contributed by atoms with Crippen LogP contribution in [-0.4, -0.2) is 11.1 Å². The second-order valence-corrected chi connectivity index (χ2v) is 3.43. The number of carbonyl (C=O) groups is 1. The molecule has 0 aliphatic heterocycles. The molecule has 4 heteroatoms. The first kappa shape index (κ1) is 9.12. The number of fused-ring (bicyclic) bond motifs is 1. The molecule has 1 aliphatic rings. The van der Waals surface area contributed by atoms with Gasteiger partial charge in [-0.2, -0.15) is 0 Å². The van der Waals surface area contributed by atoms with Crippen molar-refractivity contribution in [3.05, 3.63) is 34.9 Å². The number of carboxylic acids is 1. The zero-order valence-electron chi connectivity index (χ0n) is 7.26. The summed E-state index contributed by atoms with van der Waals surface area (Å²) in [5.74, 6) is -2.70. The largest absolute Gasteiger partial charge is 0.481 e. The number of aliphatic carboxylic acids is 1. The smallest absolute Gasteiger partial charge is 0.307 e. The van der Waals surface area contributed by atoms with Gasteiger partial charge in [0.15, 0.2) is 0 Å². The zero-order valence-corrected chi connectivity index (χ0v) is 7.26. The van der Waals surface area contributed by atoms with Crippen LogP contribution in [0.2, 0.25) is 0 Å². The number of hydrogen-bond acceptors (Lipinski definition) is 1. The molecule has 0 saturated heterocycles. The number of carboxylic acid groups (broad SMARTS) is 1. The van der Waals surface area contributed by atoms with Crippen LogP contribution in [0.4, 0.5) is 8.78 Å². The Morgan fingerprint density at radius 1 is 1.21 bits per heavy atom. The van der Waals surface area contributed by atoms with E-state index in [9.17, 15) is 13.6 Å². The van der Waals surface area contributed by atoms with Crippen molar-refractivity contribution >= 4 is 5.97 Å². The number of benzene rings is 1. The molecule has 14 heavy (non-hydrogen) atoms. The van der Waals surface area contributed by atoms with Crippen LogP contribution < -0.4 is 0 Å². The Kier molecular flexibility index (Phi) is 1.98. The van der Waals surface area contributed by atoms with Gasteiger partial charge in [0.2, 0.25) is 0 Å². The van der Waals surface area contributed by atoms with E-state index in [2.05, 4.69) is 0 Å². The quantitative estimate of drug-likeness (QED) is 0.746. The normalized spacial score (nSPS) is 15.6. The molecule has 0 saturated carbocycles.